The quantitative estimate of drug-likeness (QED) is 0.575. The van der Waals surface area contributed by atoms with Gasteiger partial charge in [0.15, 0.2) is 5.13 Å². The molecule has 0 aliphatic rings. The summed E-state index contributed by atoms with van der Waals surface area (Å²) in [5, 5.41) is 7.13. The first-order valence-electron chi connectivity index (χ1n) is 8.29. The molecular formula is C20H14F3N3O2S. The highest BCUT2D eigenvalue weighted by molar-refractivity contribution is 7.13. The maximum atomic E-state index is 13.3. The van der Waals surface area contributed by atoms with Crippen molar-refractivity contribution in [1.82, 2.24) is 4.98 Å². The van der Waals surface area contributed by atoms with Crippen LogP contribution in [0.25, 0.3) is 5.57 Å². The summed E-state index contributed by atoms with van der Waals surface area (Å²) in [6, 6.07) is 12.8. The molecule has 0 radical (unpaired) electrons. The number of aromatic nitrogens is 1. The van der Waals surface area contributed by atoms with Gasteiger partial charge in [-0.05, 0) is 29.8 Å². The van der Waals surface area contributed by atoms with Crippen LogP contribution in [0.1, 0.15) is 15.9 Å². The monoisotopic (exact) mass is 417 g/mol. The van der Waals surface area contributed by atoms with Crippen LogP contribution in [-0.2, 0) is 4.79 Å². The number of amides is 2. The second-order valence-corrected chi connectivity index (χ2v) is 6.67. The van der Waals surface area contributed by atoms with Crippen LogP contribution in [0.2, 0.25) is 0 Å². The molecule has 0 saturated heterocycles. The second-order valence-electron chi connectivity index (χ2n) is 5.78. The van der Waals surface area contributed by atoms with Gasteiger partial charge in [0, 0.05) is 28.9 Å². The summed E-state index contributed by atoms with van der Waals surface area (Å²) in [4.78, 5) is 28.1. The Morgan fingerprint density at radius 1 is 0.931 bits per heavy atom. The van der Waals surface area contributed by atoms with Gasteiger partial charge in [0.25, 0.3) is 5.91 Å². The predicted molar refractivity (Wildman–Crippen MR) is 106 cm³/mol. The maximum Gasteiger partial charge on any atom is 0.417 e. The minimum atomic E-state index is -4.68. The van der Waals surface area contributed by atoms with Gasteiger partial charge in [0.05, 0.1) is 5.57 Å². The predicted octanol–water partition coefficient (Wildman–Crippen LogP) is 4.98. The summed E-state index contributed by atoms with van der Waals surface area (Å²) in [7, 11) is 0. The Balaban J connectivity index is 1.71. The number of thiazole rings is 1. The molecule has 5 nitrogen and oxygen atoms in total. The molecule has 0 unspecified atom stereocenters. The van der Waals surface area contributed by atoms with E-state index in [0.717, 1.165) is 0 Å². The smallest absolute Gasteiger partial charge is 0.322 e. The highest BCUT2D eigenvalue weighted by Gasteiger charge is 2.35. The minimum absolute atomic E-state index is 0.107. The van der Waals surface area contributed by atoms with Crippen LogP contribution < -0.4 is 10.6 Å². The fourth-order valence-corrected chi connectivity index (χ4v) is 2.94. The number of carbonyl (C=O) groups excluding carboxylic acids is 2. The van der Waals surface area contributed by atoms with Gasteiger partial charge in [0.2, 0.25) is 5.91 Å². The number of nitrogens with one attached hydrogen (secondary N) is 2. The molecule has 0 aliphatic carbocycles. The van der Waals surface area contributed by atoms with Crippen LogP contribution in [0.15, 0.2) is 72.3 Å². The average molecular weight is 417 g/mol. The molecule has 9 heteroatoms. The van der Waals surface area contributed by atoms with Crippen molar-refractivity contribution in [2.24, 2.45) is 0 Å². The van der Waals surface area contributed by atoms with Gasteiger partial charge in [-0.25, -0.2) is 4.98 Å². The SMILES string of the molecule is O=C(/C=C(\c1ccccc1)C(F)(F)F)Nc1ccc(C(=O)Nc2nccs2)cc1. The van der Waals surface area contributed by atoms with Crippen LogP contribution >= 0.6 is 11.3 Å². The molecular weight excluding hydrogens is 403 g/mol. The van der Waals surface area contributed by atoms with Crippen molar-refractivity contribution in [3.05, 3.63) is 83.4 Å². The van der Waals surface area contributed by atoms with E-state index >= 15 is 0 Å². The molecule has 0 aliphatic heterocycles. The first-order valence-corrected chi connectivity index (χ1v) is 9.17. The normalized spacial score (nSPS) is 11.8. The third-order valence-corrected chi connectivity index (χ3v) is 4.42. The topological polar surface area (TPSA) is 71.1 Å². The van der Waals surface area contributed by atoms with E-state index in [1.807, 2.05) is 0 Å². The van der Waals surface area contributed by atoms with Crippen molar-refractivity contribution in [3.63, 3.8) is 0 Å². The van der Waals surface area contributed by atoms with Crippen LogP contribution in [0.3, 0.4) is 0 Å². The van der Waals surface area contributed by atoms with Crippen molar-refractivity contribution in [2.75, 3.05) is 10.6 Å². The number of nitrogens with zero attached hydrogens (tertiary/aromatic N) is 1. The fourth-order valence-electron chi connectivity index (χ4n) is 2.42. The van der Waals surface area contributed by atoms with Crippen LogP contribution in [-0.4, -0.2) is 23.0 Å². The van der Waals surface area contributed by atoms with Gasteiger partial charge in [-0.15, -0.1) is 11.3 Å². The Bertz CT molecular complexity index is 1020. The van der Waals surface area contributed by atoms with Gasteiger partial charge in [-0.1, -0.05) is 30.3 Å². The summed E-state index contributed by atoms with van der Waals surface area (Å²) in [5.41, 5.74) is -0.583. The molecule has 148 valence electrons. The number of anilines is 2. The molecule has 0 saturated carbocycles. The molecule has 1 heterocycles. The maximum absolute atomic E-state index is 13.3. The van der Waals surface area contributed by atoms with Gasteiger partial charge in [0.1, 0.15) is 0 Å². The fraction of sp³-hybridized carbons (Fsp3) is 0.0500. The number of hydrogen-bond acceptors (Lipinski definition) is 4. The molecule has 0 atom stereocenters. The number of halogens is 3. The average Bonchev–Trinajstić information content (AvgIpc) is 3.19. The number of allylic oxidation sites excluding steroid dienone is 1. The molecule has 1 aromatic heterocycles. The number of alkyl halides is 3. The van der Waals surface area contributed by atoms with E-state index < -0.39 is 17.7 Å². The highest BCUT2D eigenvalue weighted by Crippen LogP contribution is 2.33. The van der Waals surface area contributed by atoms with E-state index in [4.69, 9.17) is 0 Å². The molecule has 0 spiro atoms. The number of rotatable bonds is 5. The van der Waals surface area contributed by atoms with Gasteiger partial charge >= 0.3 is 6.18 Å². The van der Waals surface area contributed by atoms with E-state index in [1.54, 1.807) is 17.6 Å². The van der Waals surface area contributed by atoms with Crippen LogP contribution in [0.4, 0.5) is 24.0 Å². The minimum Gasteiger partial charge on any atom is -0.322 e. The van der Waals surface area contributed by atoms with E-state index in [-0.39, 0.29) is 17.2 Å². The second kappa shape index (κ2) is 8.70. The lowest BCUT2D eigenvalue weighted by Crippen LogP contribution is -2.16. The van der Waals surface area contributed by atoms with Gasteiger partial charge in [-0.3, -0.25) is 14.9 Å². The zero-order chi connectivity index (χ0) is 20.9. The Morgan fingerprint density at radius 3 is 2.21 bits per heavy atom. The van der Waals surface area contributed by atoms with Crippen molar-refractivity contribution < 1.29 is 22.8 Å². The zero-order valence-corrected chi connectivity index (χ0v) is 15.6. The Morgan fingerprint density at radius 2 is 1.62 bits per heavy atom. The first kappa shape index (κ1) is 20.3. The van der Waals surface area contributed by atoms with E-state index in [1.165, 1.54) is 59.9 Å². The lowest BCUT2D eigenvalue weighted by molar-refractivity contribution is -0.112. The molecule has 0 fully saturated rings. The Labute approximate surface area is 167 Å². The zero-order valence-electron chi connectivity index (χ0n) is 14.7. The summed E-state index contributed by atoms with van der Waals surface area (Å²) >= 11 is 1.26. The van der Waals surface area contributed by atoms with Crippen LogP contribution in [0, 0.1) is 0 Å². The molecule has 3 aromatic rings. The summed E-state index contributed by atoms with van der Waals surface area (Å²) in [5.74, 6) is -1.32. The van der Waals surface area contributed by atoms with Crippen LogP contribution in [0.5, 0.6) is 0 Å². The summed E-state index contributed by atoms with van der Waals surface area (Å²) < 4.78 is 39.9. The number of hydrogen-bond donors (Lipinski definition) is 2. The lowest BCUT2D eigenvalue weighted by atomic mass is 10.1. The first-order chi connectivity index (χ1) is 13.8. The number of carbonyl (C=O) groups is 2. The van der Waals surface area contributed by atoms with Crippen molar-refractivity contribution in [3.8, 4) is 0 Å². The molecule has 3 rings (SSSR count). The number of benzene rings is 2. The van der Waals surface area contributed by atoms with E-state index in [2.05, 4.69) is 15.6 Å². The Kier molecular flexibility index (Phi) is 6.08. The highest BCUT2D eigenvalue weighted by atomic mass is 32.1. The van der Waals surface area contributed by atoms with Crippen molar-refractivity contribution in [2.45, 2.75) is 6.18 Å². The third-order valence-electron chi connectivity index (χ3n) is 3.73. The summed E-state index contributed by atoms with van der Waals surface area (Å²) in [6.07, 6.45) is -2.62. The van der Waals surface area contributed by atoms with Crippen molar-refractivity contribution in [1.29, 1.82) is 0 Å². The molecule has 2 amide bonds. The largest absolute Gasteiger partial charge is 0.417 e. The third kappa shape index (κ3) is 5.52. The van der Waals surface area contributed by atoms with E-state index in [9.17, 15) is 22.8 Å². The summed E-state index contributed by atoms with van der Waals surface area (Å²) in [6.45, 7) is 0. The Hall–Kier alpha value is -3.46. The molecule has 2 N–H and O–H groups in total. The van der Waals surface area contributed by atoms with E-state index in [0.29, 0.717) is 16.8 Å². The molecule has 0 bridgehead atoms. The lowest BCUT2D eigenvalue weighted by Gasteiger charge is -2.12. The standard InChI is InChI=1S/C20H14F3N3O2S/c21-20(22,23)16(13-4-2-1-3-5-13)12-17(27)25-15-8-6-14(7-9-15)18(28)26-19-24-10-11-29-19/h1-12H,(H,25,27)(H,24,26,28)/b16-12+. The van der Waals surface area contributed by atoms with Gasteiger partial charge < -0.3 is 5.32 Å². The van der Waals surface area contributed by atoms with Crippen molar-refractivity contribution >= 4 is 39.5 Å². The molecule has 29 heavy (non-hydrogen) atoms. The molecule has 2 aromatic carbocycles. The van der Waals surface area contributed by atoms with Gasteiger partial charge in [-0.2, -0.15) is 13.2 Å².